The summed E-state index contributed by atoms with van der Waals surface area (Å²) in [6.45, 7) is -0.375. The first-order chi connectivity index (χ1) is 11.1. The number of nitrogens with two attached hydrogens (primary N) is 2. The van der Waals surface area contributed by atoms with E-state index in [9.17, 15) is 22.8 Å². The minimum absolute atomic E-state index is 0.0445. The van der Waals surface area contributed by atoms with Crippen LogP contribution >= 0.6 is 11.6 Å². The molecule has 1 aromatic rings. The number of alkyl carbamates (subject to hydrolysis) is 1. The van der Waals surface area contributed by atoms with E-state index < -0.39 is 29.8 Å². The van der Waals surface area contributed by atoms with Crippen LogP contribution in [0.2, 0.25) is 5.02 Å². The van der Waals surface area contributed by atoms with E-state index in [1.807, 2.05) is 5.32 Å². The molecule has 0 bridgehead atoms. The first-order valence-corrected chi connectivity index (χ1v) is 7.30. The molecule has 0 aromatic heterocycles. The molecule has 0 aliphatic heterocycles. The molecule has 1 atom stereocenters. The molecule has 0 heterocycles. The van der Waals surface area contributed by atoms with E-state index in [-0.39, 0.29) is 30.0 Å². The lowest BCUT2D eigenvalue weighted by molar-refractivity contribution is -0.164. The fourth-order valence-corrected chi connectivity index (χ4v) is 2.27. The second kappa shape index (κ2) is 6.48. The smallest absolute Gasteiger partial charge is 0.411 e. The first-order valence-electron chi connectivity index (χ1n) is 6.92. The van der Waals surface area contributed by atoms with Crippen molar-refractivity contribution in [3.63, 3.8) is 0 Å². The van der Waals surface area contributed by atoms with Gasteiger partial charge in [-0.15, -0.1) is 0 Å². The molecule has 0 saturated heterocycles. The molecule has 1 saturated carbocycles. The molecule has 24 heavy (non-hydrogen) atoms. The molecule has 1 fully saturated rings. The minimum Gasteiger partial charge on any atom is -0.448 e. The summed E-state index contributed by atoms with van der Waals surface area (Å²) in [7, 11) is 0. The standard InChI is InChI=1S/C14H15ClF3N3O3/c15-9-2-1-7(5-8(9)11(20)22)10(19)6-24-12(23)21-13(3-4-13)14(16,17)18/h1-2,5,10H,3-4,6,19H2,(H2,20,22)(H,21,23)/t10-/m1/s1. The van der Waals surface area contributed by atoms with Gasteiger partial charge in [-0.2, -0.15) is 13.2 Å². The zero-order valence-corrected chi connectivity index (χ0v) is 13.1. The molecule has 0 radical (unpaired) electrons. The Bertz CT molecular complexity index is 662. The third-order valence-electron chi connectivity index (χ3n) is 3.71. The van der Waals surface area contributed by atoms with Crippen molar-refractivity contribution in [1.29, 1.82) is 0 Å². The molecule has 2 amide bonds. The number of carbonyl (C=O) groups excluding carboxylic acids is 2. The Balaban J connectivity index is 1.94. The van der Waals surface area contributed by atoms with Crippen molar-refractivity contribution in [2.45, 2.75) is 30.6 Å². The van der Waals surface area contributed by atoms with Crippen molar-refractivity contribution in [2.75, 3.05) is 6.61 Å². The van der Waals surface area contributed by atoms with Gasteiger partial charge in [-0.05, 0) is 30.5 Å². The highest BCUT2D eigenvalue weighted by molar-refractivity contribution is 6.33. The topological polar surface area (TPSA) is 107 Å². The Morgan fingerprint density at radius 2 is 2.00 bits per heavy atom. The molecule has 5 N–H and O–H groups in total. The summed E-state index contributed by atoms with van der Waals surface area (Å²) in [6, 6.07) is 3.39. The molecular formula is C14H15ClF3N3O3. The van der Waals surface area contributed by atoms with Gasteiger partial charge >= 0.3 is 12.3 Å². The van der Waals surface area contributed by atoms with Gasteiger partial charge in [0.2, 0.25) is 5.91 Å². The van der Waals surface area contributed by atoms with Gasteiger partial charge in [-0.3, -0.25) is 4.79 Å². The predicted molar refractivity (Wildman–Crippen MR) is 79.4 cm³/mol. The highest BCUT2D eigenvalue weighted by Crippen LogP contribution is 2.48. The van der Waals surface area contributed by atoms with E-state index >= 15 is 0 Å². The van der Waals surface area contributed by atoms with Crippen molar-refractivity contribution in [2.24, 2.45) is 11.5 Å². The van der Waals surface area contributed by atoms with E-state index in [0.29, 0.717) is 5.56 Å². The van der Waals surface area contributed by atoms with E-state index in [0.717, 1.165) is 0 Å². The van der Waals surface area contributed by atoms with Crippen LogP contribution in [0.1, 0.15) is 34.8 Å². The van der Waals surface area contributed by atoms with E-state index in [1.165, 1.54) is 18.2 Å². The molecule has 1 aliphatic rings. The first kappa shape index (κ1) is 18.3. The normalized spacial score (nSPS) is 17.0. The second-order valence-electron chi connectivity index (χ2n) is 5.51. The summed E-state index contributed by atoms with van der Waals surface area (Å²) in [5.41, 5.74) is 9.21. The lowest BCUT2D eigenvalue weighted by Crippen LogP contribution is -2.48. The number of rotatable bonds is 5. The number of halogens is 4. The van der Waals surface area contributed by atoms with Gasteiger partial charge in [-0.1, -0.05) is 17.7 Å². The fourth-order valence-electron chi connectivity index (χ4n) is 2.06. The summed E-state index contributed by atoms with van der Waals surface area (Å²) < 4.78 is 42.9. The van der Waals surface area contributed by atoms with Gasteiger partial charge in [0.15, 0.2) is 0 Å². The van der Waals surface area contributed by atoms with Crippen LogP contribution < -0.4 is 16.8 Å². The average molecular weight is 366 g/mol. The molecule has 2 rings (SSSR count). The third-order valence-corrected chi connectivity index (χ3v) is 4.04. The molecule has 10 heteroatoms. The van der Waals surface area contributed by atoms with Crippen LogP contribution in [0.4, 0.5) is 18.0 Å². The van der Waals surface area contributed by atoms with Crippen LogP contribution in [0.5, 0.6) is 0 Å². The van der Waals surface area contributed by atoms with Gasteiger partial charge in [0.1, 0.15) is 12.1 Å². The zero-order chi connectivity index (χ0) is 18.1. The number of alkyl halides is 3. The largest absolute Gasteiger partial charge is 0.448 e. The van der Waals surface area contributed by atoms with Crippen LogP contribution in [0.25, 0.3) is 0 Å². The molecule has 0 spiro atoms. The lowest BCUT2D eigenvalue weighted by Gasteiger charge is -2.21. The van der Waals surface area contributed by atoms with Crippen LogP contribution in [-0.2, 0) is 4.74 Å². The van der Waals surface area contributed by atoms with Gasteiger partial charge in [0, 0.05) is 0 Å². The van der Waals surface area contributed by atoms with Crippen LogP contribution in [0.15, 0.2) is 18.2 Å². The van der Waals surface area contributed by atoms with Crippen molar-refractivity contribution in [3.05, 3.63) is 34.3 Å². The highest BCUT2D eigenvalue weighted by Gasteiger charge is 2.64. The van der Waals surface area contributed by atoms with E-state index in [2.05, 4.69) is 0 Å². The second-order valence-corrected chi connectivity index (χ2v) is 5.92. The fraction of sp³-hybridized carbons (Fsp3) is 0.429. The molecule has 132 valence electrons. The predicted octanol–water partition coefficient (Wildman–Crippen LogP) is 2.26. The summed E-state index contributed by atoms with van der Waals surface area (Å²) in [5, 5.41) is 1.95. The number of nitrogens with one attached hydrogen (secondary N) is 1. The average Bonchev–Trinajstić information content (AvgIpc) is 3.25. The number of hydrogen-bond donors (Lipinski definition) is 3. The van der Waals surface area contributed by atoms with Gasteiger partial charge in [-0.25, -0.2) is 4.79 Å². The van der Waals surface area contributed by atoms with Gasteiger partial charge < -0.3 is 21.5 Å². The Hall–Kier alpha value is -2.00. The number of benzene rings is 1. The number of carbonyl (C=O) groups is 2. The molecular weight excluding hydrogens is 351 g/mol. The Kier molecular flexibility index (Phi) is 4.95. The number of hydrogen-bond acceptors (Lipinski definition) is 4. The van der Waals surface area contributed by atoms with Crippen LogP contribution in [0, 0.1) is 0 Å². The highest BCUT2D eigenvalue weighted by atomic mass is 35.5. The molecule has 0 unspecified atom stereocenters. The van der Waals surface area contributed by atoms with E-state index in [4.69, 9.17) is 27.8 Å². The number of amides is 2. The van der Waals surface area contributed by atoms with Crippen LogP contribution in [0.3, 0.4) is 0 Å². The zero-order valence-electron chi connectivity index (χ0n) is 12.3. The van der Waals surface area contributed by atoms with Gasteiger partial charge in [0.25, 0.3) is 0 Å². The van der Waals surface area contributed by atoms with Crippen molar-refractivity contribution >= 4 is 23.6 Å². The summed E-state index contributed by atoms with van der Waals surface area (Å²) in [4.78, 5) is 22.7. The molecule has 6 nitrogen and oxygen atoms in total. The monoisotopic (exact) mass is 365 g/mol. The third kappa shape index (κ3) is 3.90. The lowest BCUT2D eigenvalue weighted by atomic mass is 10.0. The van der Waals surface area contributed by atoms with Crippen molar-refractivity contribution < 1.29 is 27.5 Å². The summed E-state index contributed by atoms with van der Waals surface area (Å²) in [5.74, 6) is -0.756. The molecule has 1 aromatic carbocycles. The minimum atomic E-state index is -4.53. The quantitative estimate of drug-likeness (QED) is 0.743. The van der Waals surface area contributed by atoms with E-state index in [1.54, 1.807) is 0 Å². The van der Waals surface area contributed by atoms with Crippen LogP contribution in [-0.4, -0.2) is 30.3 Å². The van der Waals surface area contributed by atoms with Crippen molar-refractivity contribution in [1.82, 2.24) is 5.32 Å². The number of ether oxygens (including phenoxy) is 1. The Morgan fingerprint density at radius 1 is 1.38 bits per heavy atom. The Labute approximate surface area is 140 Å². The van der Waals surface area contributed by atoms with Crippen molar-refractivity contribution in [3.8, 4) is 0 Å². The molecule has 1 aliphatic carbocycles. The Morgan fingerprint density at radius 3 is 2.50 bits per heavy atom. The maximum Gasteiger partial charge on any atom is 0.411 e. The number of primary amides is 1. The maximum atomic E-state index is 12.7. The van der Waals surface area contributed by atoms with Gasteiger partial charge in [0.05, 0.1) is 16.6 Å². The summed E-state index contributed by atoms with van der Waals surface area (Å²) in [6.07, 6.45) is -6.10. The maximum absolute atomic E-state index is 12.7. The SMILES string of the molecule is NC(=O)c1cc([C@H](N)COC(=O)NC2(C(F)(F)F)CC2)ccc1Cl. The summed E-state index contributed by atoms with van der Waals surface area (Å²) >= 11 is 5.80.